The zero-order valence-electron chi connectivity index (χ0n) is 6.31. The Morgan fingerprint density at radius 1 is 1.33 bits per heavy atom. The van der Waals surface area contributed by atoms with Crippen LogP contribution in [0, 0.1) is 0 Å². The van der Waals surface area contributed by atoms with Gasteiger partial charge in [-0.25, -0.2) is 4.79 Å². The molecule has 62 valence electrons. The molecule has 2 rings (SSSR count). The number of rotatable bonds is 2. The molecule has 3 nitrogen and oxygen atoms in total. The lowest BCUT2D eigenvalue weighted by molar-refractivity contribution is -0.138. The number of carboxylic acids is 1. The summed E-state index contributed by atoms with van der Waals surface area (Å²) in [5.41, 5.74) is 0.935. The van der Waals surface area contributed by atoms with E-state index in [2.05, 4.69) is 0 Å². The Morgan fingerprint density at radius 3 is 2.50 bits per heavy atom. The van der Waals surface area contributed by atoms with Crippen molar-refractivity contribution in [3.63, 3.8) is 0 Å². The van der Waals surface area contributed by atoms with Gasteiger partial charge in [-0.1, -0.05) is 30.3 Å². The lowest BCUT2D eigenvalue weighted by atomic mass is 10.1. The summed E-state index contributed by atoms with van der Waals surface area (Å²) in [5.74, 6) is -0.885. The molecule has 0 aliphatic carbocycles. The van der Waals surface area contributed by atoms with E-state index >= 15 is 0 Å². The van der Waals surface area contributed by atoms with E-state index in [0.717, 1.165) is 5.56 Å². The summed E-state index contributed by atoms with van der Waals surface area (Å²) < 4.78 is 4.96. The predicted octanol–water partition coefficient (Wildman–Crippen LogP) is 1.21. The molecular formula is C9H8O3. The van der Waals surface area contributed by atoms with Crippen molar-refractivity contribution in [2.75, 3.05) is 0 Å². The van der Waals surface area contributed by atoms with Crippen LogP contribution in [-0.4, -0.2) is 17.2 Å². The van der Waals surface area contributed by atoms with Crippen LogP contribution in [-0.2, 0) is 9.53 Å². The number of carbonyl (C=O) groups is 1. The smallest absolute Gasteiger partial charge is 0.335 e. The highest BCUT2D eigenvalue weighted by atomic mass is 16.6. The number of epoxide rings is 1. The summed E-state index contributed by atoms with van der Waals surface area (Å²) >= 11 is 0. The third-order valence-corrected chi connectivity index (χ3v) is 1.86. The molecule has 0 spiro atoms. The third-order valence-electron chi connectivity index (χ3n) is 1.86. The highest BCUT2D eigenvalue weighted by Crippen LogP contribution is 2.38. The first-order valence-corrected chi connectivity index (χ1v) is 3.72. The second kappa shape index (κ2) is 2.60. The molecule has 1 N–H and O–H groups in total. The van der Waals surface area contributed by atoms with Gasteiger partial charge in [0.15, 0.2) is 6.10 Å². The molecule has 1 aliphatic heterocycles. The van der Waals surface area contributed by atoms with Gasteiger partial charge in [0.1, 0.15) is 6.10 Å². The fourth-order valence-corrected chi connectivity index (χ4v) is 1.20. The van der Waals surface area contributed by atoms with Gasteiger partial charge in [-0.2, -0.15) is 0 Å². The lowest BCUT2D eigenvalue weighted by Gasteiger charge is -1.91. The number of hydrogen-bond donors (Lipinski definition) is 1. The van der Waals surface area contributed by atoms with Crippen LogP contribution in [0.1, 0.15) is 11.7 Å². The summed E-state index contributed by atoms with van der Waals surface area (Å²) in [4.78, 5) is 10.4. The van der Waals surface area contributed by atoms with Crippen molar-refractivity contribution in [1.82, 2.24) is 0 Å². The van der Waals surface area contributed by atoms with Crippen molar-refractivity contribution in [3.05, 3.63) is 35.9 Å². The molecule has 0 amide bonds. The Balaban J connectivity index is 2.11. The molecule has 1 aromatic rings. The van der Waals surface area contributed by atoms with Gasteiger partial charge in [-0.05, 0) is 5.56 Å². The second-order valence-corrected chi connectivity index (χ2v) is 2.73. The number of benzene rings is 1. The standard InChI is InChI=1S/C9H8O3/c10-9(11)8-7(12-8)6-4-2-1-3-5-6/h1-5,7-8H,(H,10,11)/t7-,8+/m1/s1. The molecule has 12 heavy (non-hydrogen) atoms. The largest absolute Gasteiger partial charge is 0.479 e. The van der Waals surface area contributed by atoms with E-state index in [1.807, 2.05) is 30.3 Å². The van der Waals surface area contributed by atoms with Crippen molar-refractivity contribution < 1.29 is 14.6 Å². The number of hydrogen-bond acceptors (Lipinski definition) is 2. The first-order chi connectivity index (χ1) is 5.79. The van der Waals surface area contributed by atoms with Crippen LogP contribution in [0.25, 0.3) is 0 Å². The quantitative estimate of drug-likeness (QED) is 0.668. The highest BCUT2D eigenvalue weighted by Gasteiger charge is 2.46. The summed E-state index contributed by atoms with van der Waals surface area (Å²) in [6.45, 7) is 0. The Morgan fingerprint density at radius 2 is 2.00 bits per heavy atom. The Labute approximate surface area is 69.6 Å². The predicted molar refractivity (Wildman–Crippen MR) is 41.7 cm³/mol. The number of carboxylic acid groups (broad SMARTS) is 1. The fourth-order valence-electron chi connectivity index (χ4n) is 1.20. The van der Waals surface area contributed by atoms with Gasteiger partial charge in [0.05, 0.1) is 0 Å². The molecular weight excluding hydrogens is 156 g/mol. The van der Waals surface area contributed by atoms with Gasteiger partial charge in [-0.15, -0.1) is 0 Å². The molecule has 0 aromatic heterocycles. The van der Waals surface area contributed by atoms with E-state index in [0.29, 0.717) is 0 Å². The maximum atomic E-state index is 10.4. The Bertz CT molecular complexity index is 294. The van der Waals surface area contributed by atoms with Crippen molar-refractivity contribution in [2.24, 2.45) is 0 Å². The van der Waals surface area contributed by atoms with E-state index in [4.69, 9.17) is 9.84 Å². The third kappa shape index (κ3) is 1.19. The van der Waals surface area contributed by atoms with E-state index < -0.39 is 12.1 Å². The first kappa shape index (κ1) is 7.31. The van der Waals surface area contributed by atoms with Crippen LogP contribution in [0.4, 0.5) is 0 Å². The maximum absolute atomic E-state index is 10.4. The average Bonchev–Trinajstić information content (AvgIpc) is 2.84. The molecule has 0 radical (unpaired) electrons. The van der Waals surface area contributed by atoms with E-state index in [-0.39, 0.29) is 6.10 Å². The highest BCUT2D eigenvalue weighted by molar-refractivity contribution is 5.76. The minimum absolute atomic E-state index is 0.233. The molecule has 0 unspecified atom stereocenters. The summed E-state index contributed by atoms with van der Waals surface area (Å²) in [6.07, 6.45) is -0.865. The minimum Gasteiger partial charge on any atom is -0.479 e. The molecule has 1 aromatic carbocycles. The van der Waals surface area contributed by atoms with Gasteiger partial charge < -0.3 is 9.84 Å². The Kier molecular flexibility index (Phi) is 1.59. The molecule has 2 atom stereocenters. The van der Waals surface area contributed by atoms with Crippen molar-refractivity contribution in [1.29, 1.82) is 0 Å². The molecule has 1 aliphatic rings. The zero-order chi connectivity index (χ0) is 8.55. The average molecular weight is 164 g/mol. The van der Waals surface area contributed by atoms with Crippen molar-refractivity contribution >= 4 is 5.97 Å². The molecule has 1 fully saturated rings. The zero-order valence-corrected chi connectivity index (χ0v) is 6.31. The van der Waals surface area contributed by atoms with Crippen LogP contribution in [0.3, 0.4) is 0 Å². The van der Waals surface area contributed by atoms with Gasteiger partial charge in [0.25, 0.3) is 0 Å². The van der Waals surface area contributed by atoms with Crippen LogP contribution < -0.4 is 0 Å². The SMILES string of the molecule is O=C(O)[C@H]1O[C@@H]1c1ccccc1. The van der Waals surface area contributed by atoms with Crippen molar-refractivity contribution in [2.45, 2.75) is 12.2 Å². The first-order valence-electron chi connectivity index (χ1n) is 3.72. The van der Waals surface area contributed by atoms with Gasteiger partial charge in [0.2, 0.25) is 0 Å². The topological polar surface area (TPSA) is 49.8 Å². The van der Waals surface area contributed by atoms with Crippen LogP contribution in [0.2, 0.25) is 0 Å². The van der Waals surface area contributed by atoms with Gasteiger partial charge in [-0.3, -0.25) is 0 Å². The molecule has 1 saturated heterocycles. The number of aliphatic carboxylic acids is 1. The van der Waals surface area contributed by atoms with Crippen LogP contribution in [0.15, 0.2) is 30.3 Å². The van der Waals surface area contributed by atoms with Crippen molar-refractivity contribution in [3.8, 4) is 0 Å². The normalized spacial score (nSPS) is 26.7. The van der Waals surface area contributed by atoms with Crippen LogP contribution >= 0.6 is 0 Å². The monoisotopic (exact) mass is 164 g/mol. The number of ether oxygens (including phenoxy) is 1. The van der Waals surface area contributed by atoms with E-state index in [1.165, 1.54) is 0 Å². The summed E-state index contributed by atoms with van der Waals surface area (Å²) in [6, 6.07) is 9.37. The fraction of sp³-hybridized carbons (Fsp3) is 0.222. The second-order valence-electron chi connectivity index (χ2n) is 2.73. The van der Waals surface area contributed by atoms with Gasteiger partial charge >= 0.3 is 5.97 Å². The molecule has 0 saturated carbocycles. The maximum Gasteiger partial charge on any atom is 0.335 e. The lowest BCUT2D eigenvalue weighted by Crippen LogP contribution is -2.04. The van der Waals surface area contributed by atoms with E-state index in [9.17, 15) is 4.79 Å². The summed E-state index contributed by atoms with van der Waals surface area (Å²) in [7, 11) is 0. The molecule has 1 heterocycles. The van der Waals surface area contributed by atoms with Gasteiger partial charge in [0, 0.05) is 0 Å². The van der Waals surface area contributed by atoms with Crippen LogP contribution in [0.5, 0.6) is 0 Å². The molecule has 0 bridgehead atoms. The summed E-state index contributed by atoms with van der Waals surface area (Å²) in [5, 5.41) is 8.56. The van der Waals surface area contributed by atoms with E-state index in [1.54, 1.807) is 0 Å². The minimum atomic E-state index is -0.885. The molecule has 3 heteroatoms. The Hall–Kier alpha value is -1.35.